The minimum atomic E-state index is -3.63. The first-order valence-corrected chi connectivity index (χ1v) is 12.3. The number of amidine groups is 1. The van der Waals surface area contributed by atoms with Crippen LogP contribution in [0.1, 0.15) is 40.9 Å². The summed E-state index contributed by atoms with van der Waals surface area (Å²) in [5, 5.41) is 2.99. The Kier molecular flexibility index (Phi) is 6.14. The highest BCUT2D eigenvalue weighted by molar-refractivity contribution is 7.89. The lowest BCUT2D eigenvalue weighted by Crippen LogP contribution is -2.48. The van der Waals surface area contributed by atoms with Gasteiger partial charge < -0.3 is 15.8 Å². The number of nitrogens with one attached hydrogen (secondary N) is 1. The number of rotatable bonds is 6. The summed E-state index contributed by atoms with van der Waals surface area (Å²) in [5.74, 6) is -0.168. The second-order valence-corrected chi connectivity index (χ2v) is 10.6. The summed E-state index contributed by atoms with van der Waals surface area (Å²) in [6.07, 6.45) is 1.61. The molecular weight excluding hydrogens is 452 g/mol. The lowest BCUT2D eigenvalue weighted by Gasteiger charge is -2.27. The molecule has 0 spiro atoms. The predicted octanol–water partition coefficient (Wildman–Crippen LogP) is 3.19. The second-order valence-electron chi connectivity index (χ2n) is 8.92. The van der Waals surface area contributed by atoms with E-state index in [1.807, 2.05) is 45.0 Å². The van der Waals surface area contributed by atoms with Crippen molar-refractivity contribution >= 4 is 21.8 Å². The van der Waals surface area contributed by atoms with Crippen molar-refractivity contribution in [2.45, 2.75) is 32.1 Å². The molecule has 1 amide bonds. The Morgan fingerprint density at radius 2 is 1.91 bits per heavy atom. The minimum Gasteiger partial charge on any atom is -0.490 e. The number of sulfonamides is 1. The Morgan fingerprint density at radius 3 is 2.68 bits per heavy atom. The zero-order valence-electron chi connectivity index (χ0n) is 19.2. The molecule has 1 aliphatic rings. The molecule has 1 aromatic heterocycles. The number of benzene rings is 2. The van der Waals surface area contributed by atoms with Gasteiger partial charge in [-0.25, -0.2) is 8.42 Å². The fourth-order valence-electron chi connectivity index (χ4n) is 3.74. The predicted molar refractivity (Wildman–Crippen MR) is 131 cm³/mol. The number of nitrogens with zero attached hydrogens (tertiary/aromatic N) is 2. The number of fused-ring (bicyclic) bond motifs is 1. The maximum Gasteiger partial charge on any atom is 0.259 e. The van der Waals surface area contributed by atoms with Crippen LogP contribution in [0.15, 0.2) is 65.2 Å². The van der Waals surface area contributed by atoms with E-state index in [0.717, 1.165) is 11.1 Å². The van der Waals surface area contributed by atoms with E-state index in [1.54, 1.807) is 36.5 Å². The molecule has 0 saturated heterocycles. The van der Waals surface area contributed by atoms with E-state index in [9.17, 15) is 13.2 Å². The summed E-state index contributed by atoms with van der Waals surface area (Å²) in [7, 11) is -3.63. The molecule has 0 saturated carbocycles. The molecule has 4 rings (SSSR count). The van der Waals surface area contributed by atoms with Crippen LogP contribution in [0.3, 0.4) is 0 Å². The lowest BCUT2D eigenvalue weighted by atomic mass is 10.0. The number of aromatic nitrogens is 1. The highest BCUT2D eigenvalue weighted by atomic mass is 32.2. The lowest BCUT2D eigenvalue weighted by molar-refractivity contribution is 0.0880. The number of hydrogen-bond acceptors (Lipinski definition) is 6. The van der Waals surface area contributed by atoms with Gasteiger partial charge in [0.25, 0.3) is 15.9 Å². The van der Waals surface area contributed by atoms with Crippen molar-refractivity contribution in [2.75, 3.05) is 6.61 Å². The van der Waals surface area contributed by atoms with Crippen LogP contribution >= 0.6 is 0 Å². The maximum absolute atomic E-state index is 13.0. The van der Waals surface area contributed by atoms with E-state index in [4.69, 9.17) is 10.5 Å². The van der Waals surface area contributed by atoms with Crippen molar-refractivity contribution in [3.8, 4) is 17.0 Å². The minimum absolute atomic E-state index is 0.0980. The van der Waals surface area contributed by atoms with Gasteiger partial charge in [-0.3, -0.25) is 9.78 Å². The maximum atomic E-state index is 13.0. The largest absolute Gasteiger partial charge is 0.490 e. The zero-order valence-corrected chi connectivity index (χ0v) is 20.0. The van der Waals surface area contributed by atoms with Crippen molar-refractivity contribution < 1.29 is 17.9 Å². The van der Waals surface area contributed by atoms with Crippen LogP contribution in [-0.2, 0) is 15.8 Å². The third-order valence-electron chi connectivity index (χ3n) is 5.32. The summed E-state index contributed by atoms with van der Waals surface area (Å²) in [6.45, 7) is 5.81. The van der Waals surface area contributed by atoms with Gasteiger partial charge >= 0.3 is 0 Å². The van der Waals surface area contributed by atoms with Gasteiger partial charge in [-0.15, -0.1) is 4.40 Å². The van der Waals surface area contributed by atoms with Crippen LogP contribution in [0.25, 0.3) is 11.3 Å². The number of ether oxygens (including phenoxy) is 1. The van der Waals surface area contributed by atoms with Crippen molar-refractivity contribution in [2.24, 2.45) is 10.1 Å². The smallest absolute Gasteiger partial charge is 0.259 e. The van der Waals surface area contributed by atoms with Crippen LogP contribution < -0.4 is 15.8 Å². The number of aryl methyl sites for hydroxylation is 1. The summed E-state index contributed by atoms with van der Waals surface area (Å²) in [6, 6.07) is 16.4. The zero-order chi connectivity index (χ0) is 24.5. The van der Waals surface area contributed by atoms with Gasteiger partial charge in [-0.05, 0) is 50.6 Å². The van der Waals surface area contributed by atoms with E-state index in [0.29, 0.717) is 28.1 Å². The third kappa shape index (κ3) is 5.26. The van der Waals surface area contributed by atoms with Crippen molar-refractivity contribution in [1.29, 1.82) is 0 Å². The Morgan fingerprint density at radius 1 is 1.15 bits per heavy atom. The number of carbonyl (C=O) groups excluding carboxylic acids is 1. The molecule has 0 aliphatic carbocycles. The quantitative estimate of drug-likeness (QED) is 0.561. The Labute approximate surface area is 198 Å². The van der Waals surface area contributed by atoms with Gasteiger partial charge in [-0.2, -0.15) is 0 Å². The topological polar surface area (TPSA) is 124 Å². The average Bonchev–Trinajstić information content (AvgIpc) is 2.76. The number of nitrogens with two attached hydrogens (primary N) is 1. The Balaban J connectivity index is 1.48. The molecule has 2 aromatic carbocycles. The van der Waals surface area contributed by atoms with Gasteiger partial charge in [0, 0.05) is 17.3 Å². The van der Waals surface area contributed by atoms with E-state index in [2.05, 4.69) is 14.7 Å². The van der Waals surface area contributed by atoms with Gasteiger partial charge in [0.05, 0.1) is 22.5 Å². The molecule has 0 atom stereocenters. The van der Waals surface area contributed by atoms with Gasteiger partial charge in [0.1, 0.15) is 18.2 Å². The monoisotopic (exact) mass is 478 g/mol. The van der Waals surface area contributed by atoms with Crippen LogP contribution in [0.4, 0.5) is 0 Å². The van der Waals surface area contributed by atoms with Crippen molar-refractivity contribution in [3.05, 3.63) is 83.0 Å². The van der Waals surface area contributed by atoms with Gasteiger partial charge in [0.2, 0.25) is 0 Å². The molecule has 2 heterocycles. The van der Waals surface area contributed by atoms with E-state index < -0.39 is 15.6 Å². The molecule has 0 fully saturated rings. The molecule has 3 N–H and O–H groups in total. The Bertz CT molecular complexity index is 1400. The molecule has 9 heteroatoms. The molecule has 176 valence electrons. The fraction of sp³-hybridized carbons (Fsp3) is 0.240. The summed E-state index contributed by atoms with van der Waals surface area (Å²) >= 11 is 0. The first-order chi connectivity index (χ1) is 16.0. The first kappa shape index (κ1) is 23.4. The average molecular weight is 479 g/mol. The van der Waals surface area contributed by atoms with Crippen molar-refractivity contribution in [3.63, 3.8) is 0 Å². The van der Waals surface area contributed by atoms with Gasteiger partial charge in [0.15, 0.2) is 0 Å². The summed E-state index contributed by atoms with van der Waals surface area (Å²) < 4.78 is 33.3. The highest BCUT2D eigenvalue weighted by Crippen LogP contribution is 2.28. The molecule has 0 bridgehead atoms. The summed E-state index contributed by atoms with van der Waals surface area (Å²) in [4.78, 5) is 17.4. The van der Waals surface area contributed by atoms with E-state index in [1.165, 1.54) is 0 Å². The molecule has 0 radical (unpaired) electrons. The first-order valence-electron chi connectivity index (χ1n) is 10.7. The highest BCUT2D eigenvalue weighted by Gasteiger charge is 2.27. The number of hydrogen-bond donors (Lipinski definition) is 2. The molecular formula is C25H26N4O4S. The molecule has 1 aliphatic heterocycles. The normalized spacial score (nSPS) is 14.6. The fourth-order valence-corrected chi connectivity index (χ4v) is 4.83. The second kappa shape index (κ2) is 8.90. The molecule has 8 nitrogen and oxygen atoms in total. The Hall–Kier alpha value is -3.72. The van der Waals surface area contributed by atoms with E-state index >= 15 is 0 Å². The van der Waals surface area contributed by atoms with Crippen LogP contribution in [0.2, 0.25) is 0 Å². The molecule has 3 aromatic rings. The molecule has 0 unspecified atom stereocenters. The van der Waals surface area contributed by atoms with Crippen LogP contribution in [-0.4, -0.2) is 37.3 Å². The number of pyridine rings is 1. The van der Waals surface area contributed by atoms with Gasteiger partial charge in [-0.1, -0.05) is 35.9 Å². The molecule has 34 heavy (non-hydrogen) atoms. The number of carbonyl (C=O) groups is 1. The van der Waals surface area contributed by atoms with Crippen LogP contribution in [0.5, 0.6) is 5.75 Å². The van der Waals surface area contributed by atoms with E-state index in [-0.39, 0.29) is 24.1 Å². The van der Waals surface area contributed by atoms with Crippen LogP contribution in [0, 0.1) is 6.92 Å². The van der Waals surface area contributed by atoms with Crippen molar-refractivity contribution in [1.82, 2.24) is 10.3 Å². The number of amides is 1. The SMILES string of the molecule is Cc1cccc(-c2cc(C(=O)NC(C)(C)COc3cccc4c3C(N)=NS(=O)(=O)C4)ccn2)c1. The summed E-state index contributed by atoms with van der Waals surface area (Å²) in [5.41, 5.74) is 9.42. The standard InChI is InChI=1S/C25H26N4O4S/c1-16-6-4-7-17(12-16)20-13-18(10-11-27-20)24(30)28-25(2,3)15-33-21-9-5-8-19-14-34(31,32)29-23(26)22(19)21/h4-13H,14-15H2,1-3H3,(H2,26,29)(H,28,30). The third-order valence-corrected chi connectivity index (χ3v) is 6.47.